The molecule has 1 aliphatic heterocycles. The van der Waals surface area contributed by atoms with E-state index < -0.39 is 169 Å². The Morgan fingerprint density at radius 3 is 1.21 bits per heavy atom. The molecule has 30 nitrogen and oxygen atoms in total. The summed E-state index contributed by atoms with van der Waals surface area (Å²) < 4.78 is 34.5. The highest BCUT2D eigenvalue weighted by Crippen LogP contribution is 2.29. The molecule has 0 spiro atoms. The standard InChI is InChI=1S/C19H36O4.C19H34O4.C18H24N4O18/c2*1-3-4-5-6-7-8-9-10-11-12-13-14-18(21)15-19(22)16-23-17(2)20;23-11(1-5-19(28)29)36-9-10-15(38-12(24)2-6-20(30)31)16(39-13(25)3-7-21(32)33)17(18(27)37-10)40-14(26)4-8-22(34)35/h3,18-19,21-22H,1,4-16H2,2H3;1,18-19,21-22H,4-16H2,2H3;10,15-18,27H,1-9H2. The Bertz CT molecular complexity index is 2010. The Labute approximate surface area is 501 Å². The molecule has 5 N–H and O–H groups in total. The predicted octanol–water partition coefficient (Wildman–Crippen LogP) is 5.37. The Hall–Kier alpha value is -6.52. The summed E-state index contributed by atoms with van der Waals surface area (Å²) in [5.74, 6) is -3.21. The van der Waals surface area contributed by atoms with Crippen molar-refractivity contribution >= 4 is 35.8 Å². The number of nitrogens with zero attached hydrogens (tertiary/aromatic N) is 4. The first-order valence-electron chi connectivity index (χ1n) is 29.4. The minimum atomic E-state index is -2.22. The van der Waals surface area contributed by atoms with E-state index in [1.807, 2.05) is 6.08 Å². The molecule has 1 saturated heterocycles. The van der Waals surface area contributed by atoms with E-state index >= 15 is 0 Å². The Balaban J connectivity index is 0. The Morgan fingerprint density at radius 2 is 0.849 bits per heavy atom. The maximum atomic E-state index is 12.3. The third kappa shape index (κ3) is 50.8. The van der Waals surface area contributed by atoms with Gasteiger partial charge in [-0.15, -0.1) is 18.9 Å². The lowest BCUT2D eigenvalue weighted by atomic mass is 9.98. The van der Waals surface area contributed by atoms with Gasteiger partial charge in [0, 0.05) is 52.8 Å². The van der Waals surface area contributed by atoms with Crippen LogP contribution in [0.2, 0.25) is 0 Å². The van der Waals surface area contributed by atoms with Gasteiger partial charge in [-0.3, -0.25) is 69.2 Å². The molecule has 494 valence electrons. The highest BCUT2D eigenvalue weighted by molar-refractivity contribution is 5.72. The van der Waals surface area contributed by atoms with Crippen LogP contribution in [0.1, 0.15) is 194 Å². The molecule has 1 heterocycles. The molecule has 1 fully saturated rings. The average molecular weight is 1240 g/mol. The molecule has 0 radical (unpaired) electrons. The van der Waals surface area contributed by atoms with Crippen molar-refractivity contribution in [1.29, 1.82) is 0 Å². The van der Waals surface area contributed by atoms with Gasteiger partial charge in [-0.2, -0.15) is 0 Å². The maximum Gasteiger partial charge on any atom is 0.313 e. The zero-order valence-corrected chi connectivity index (χ0v) is 49.9. The second-order valence-electron chi connectivity index (χ2n) is 20.5. The van der Waals surface area contributed by atoms with Crippen LogP contribution >= 0.6 is 0 Å². The molecule has 30 heteroatoms. The predicted molar refractivity (Wildman–Crippen MR) is 305 cm³/mol. The number of aliphatic hydroxyl groups is 5. The normalized spacial score (nSPS) is 17.3. The first-order chi connectivity index (χ1) is 40.8. The number of rotatable bonds is 48. The van der Waals surface area contributed by atoms with Gasteiger partial charge < -0.3 is 58.7 Å². The first kappa shape index (κ1) is 81.5. The fourth-order valence-corrected chi connectivity index (χ4v) is 8.22. The van der Waals surface area contributed by atoms with E-state index in [1.165, 1.54) is 97.3 Å². The summed E-state index contributed by atoms with van der Waals surface area (Å²) in [6.45, 7) is 1.82. The van der Waals surface area contributed by atoms with Crippen molar-refractivity contribution in [2.24, 2.45) is 0 Å². The number of hydrogen-bond donors (Lipinski definition) is 5. The number of nitro groups is 4. The Kier molecular flexibility index (Phi) is 50.0. The zero-order valence-electron chi connectivity index (χ0n) is 49.9. The maximum absolute atomic E-state index is 12.3. The third-order valence-corrected chi connectivity index (χ3v) is 12.7. The smallest absolute Gasteiger partial charge is 0.313 e. The summed E-state index contributed by atoms with van der Waals surface area (Å²) in [5, 5.41) is 91.5. The second-order valence-corrected chi connectivity index (χ2v) is 20.5. The second kappa shape index (κ2) is 52.8. The van der Waals surface area contributed by atoms with Gasteiger partial charge in [-0.05, 0) is 32.1 Å². The van der Waals surface area contributed by atoms with Crippen LogP contribution in [0.5, 0.6) is 0 Å². The van der Waals surface area contributed by atoms with Crippen molar-refractivity contribution < 1.29 is 107 Å². The molecule has 0 aromatic heterocycles. The SMILES string of the molecule is C#CCCCCCCCCCCCC(O)CC(O)COC(C)=O.C=CCCCCCCCCCCCC(O)CC(O)COC(C)=O.O=C(CC[N+](=O)[O-])OCC1OC(O)C(OC(=O)CC[N+](=O)[O-])C(OC(=O)CC[N+](=O)[O-])C1OC(=O)CC[N+](=O)[O-]. The van der Waals surface area contributed by atoms with Gasteiger partial charge in [-0.25, -0.2) is 0 Å². The van der Waals surface area contributed by atoms with Crippen molar-refractivity contribution in [3.63, 3.8) is 0 Å². The lowest BCUT2D eigenvalue weighted by Gasteiger charge is -2.42. The summed E-state index contributed by atoms with van der Waals surface area (Å²) in [6, 6.07) is 0. The van der Waals surface area contributed by atoms with E-state index in [0.717, 1.165) is 44.9 Å². The number of ether oxygens (including phenoxy) is 7. The van der Waals surface area contributed by atoms with Crippen molar-refractivity contribution in [3.8, 4) is 12.3 Å². The number of carbonyl (C=O) groups is 6. The lowest BCUT2D eigenvalue weighted by Crippen LogP contribution is -2.62. The van der Waals surface area contributed by atoms with Crippen molar-refractivity contribution in [2.75, 3.05) is 46.0 Å². The third-order valence-electron chi connectivity index (χ3n) is 12.7. The number of unbranched alkanes of at least 4 members (excludes halogenated alkanes) is 18. The van der Waals surface area contributed by atoms with E-state index in [4.69, 9.17) is 39.6 Å². The molecular formula is C56H94N4O26. The molecule has 9 unspecified atom stereocenters. The van der Waals surface area contributed by atoms with Crippen LogP contribution in [-0.2, 0) is 61.9 Å². The van der Waals surface area contributed by atoms with E-state index in [0.29, 0.717) is 12.8 Å². The van der Waals surface area contributed by atoms with Crippen molar-refractivity contribution in [3.05, 3.63) is 53.1 Å². The monoisotopic (exact) mass is 1240 g/mol. The molecule has 1 rings (SSSR count). The topological polar surface area (TPSA) is 441 Å². The van der Waals surface area contributed by atoms with Crippen LogP contribution < -0.4 is 0 Å². The van der Waals surface area contributed by atoms with Crippen molar-refractivity contribution in [2.45, 2.75) is 249 Å². The van der Waals surface area contributed by atoms with Crippen molar-refractivity contribution in [1.82, 2.24) is 0 Å². The summed E-state index contributed by atoms with van der Waals surface area (Å²) in [6.07, 6.45) is 17.4. The molecule has 0 bridgehead atoms. The molecule has 9 atom stereocenters. The van der Waals surface area contributed by atoms with Gasteiger partial charge in [0.05, 0.1) is 24.4 Å². The fourth-order valence-electron chi connectivity index (χ4n) is 8.22. The average Bonchev–Trinajstić information content (AvgIpc) is 1.01. The molecule has 0 aromatic carbocycles. The molecule has 0 aliphatic carbocycles. The van der Waals surface area contributed by atoms with Crippen LogP contribution in [0.3, 0.4) is 0 Å². The highest BCUT2D eigenvalue weighted by Gasteiger charge is 2.52. The number of allylic oxidation sites excluding steroid dienone is 1. The minimum absolute atomic E-state index is 0.0286. The zero-order chi connectivity index (χ0) is 65.1. The van der Waals surface area contributed by atoms with E-state index in [-0.39, 0.29) is 26.1 Å². The van der Waals surface area contributed by atoms with E-state index in [2.05, 4.69) is 12.5 Å². The summed E-state index contributed by atoms with van der Waals surface area (Å²) in [7, 11) is 0. The number of hydrogen-bond acceptors (Lipinski definition) is 26. The van der Waals surface area contributed by atoms with E-state index in [1.54, 1.807) is 0 Å². The molecule has 0 aromatic rings. The highest BCUT2D eigenvalue weighted by atomic mass is 16.7. The molecular weight excluding hydrogens is 1140 g/mol. The largest absolute Gasteiger partial charge is 0.463 e. The van der Waals surface area contributed by atoms with Gasteiger partial charge in [-0.1, -0.05) is 109 Å². The van der Waals surface area contributed by atoms with Gasteiger partial charge in [0.15, 0.2) is 24.6 Å². The number of terminal acetylenes is 1. The molecule has 1 aliphatic rings. The van der Waals surface area contributed by atoms with Crippen LogP contribution in [0, 0.1) is 52.8 Å². The van der Waals surface area contributed by atoms with Crippen LogP contribution in [0.15, 0.2) is 12.7 Å². The molecule has 86 heavy (non-hydrogen) atoms. The van der Waals surface area contributed by atoms with Gasteiger partial charge in [0.25, 0.3) is 0 Å². The summed E-state index contributed by atoms with van der Waals surface area (Å²) >= 11 is 0. The van der Waals surface area contributed by atoms with Crippen LogP contribution in [0.25, 0.3) is 0 Å². The first-order valence-corrected chi connectivity index (χ1v) is 29.4. The minimum Gasteiger partial charge on any atom is -0.463 e. The Morgan fingerprint density at radius 1 is 0.512 bits per heavy atom. The fraction of sp³-hybridized carbons (Fsp3) is 0.821. The molecule has 0 amide bonds. The van der Waals surface area contributed by atoms with Crippen LogP contribution in [-0.4, -0.2) is 182 Å². The quantitative estimate of drug-likeness (QED) is 0.00971. The molecule has 0 saturated carbocycles. The number of aliphatic hydroxyl groups excluding tert-OH is 5. The summed E-state index contributed by atoms with van der Waals surface area (Å²) in [5.41, 5.74) is 0. The van der Waals surface area contributed by atoms with Gasteiger partial charge in [0.2, 0.25) is 26.2 Å². The number of carbonyl (C=O) groups excluding carboxylic acids is 6. The van der Waals surface area contributed by atoms with Gasteiger partial charge >= 0.3 is 35.8 Å². The van der Waals surface area contributed by atoms with E-state index in [9.17, 15) is 94.8 Å². The van der Waals surface area contributed by atoms with Crippen LogP contribution in [0.4, 0.5) is 0 Å². The summed E-state index contributed by atoms with van der Waals surface area (Å²) in [4.78, 5) is 109. The lowest BCUT2D eigenvalue weighted by molar-refractivity contribution is -0.479. The number of esters is 6. The van der Waals surface area contributed by atoms with Gasteiger partial charge in [0.1, 0.15) is 51.6 Å².